The summed E-state index contributed by atoms with van der Waals surface area (Å²) in [7, 11) is -4.16. The number of carbonyl (C=O) groups excluding carboxylic acids is 3. The van der Waals surface area contributed by atoms with Gasteiger partial charge in [-0.2, -0.15) is 0 Å². The predicted octanol–water partition coefficient (Wildman–Crippen LogP) is 2.35. The number of carbonyl (C=O) groups is 3. The smallest absolute Gasteiger partial charge is 0.243 e. The quantitative estimate of drug-likeness (QED) is 0.137. The van der Waals surface area contributed by atoms with Crippen molar-refractivity contribution in [3.05, 3.63) is 54.1 Å². The van der Waals surface area contributed by atoms with Crippen molar-refractivity contribution in [1.29, 1.82) is 0 Å². The number of sulfone groups is 1. The fraction of sp³-hybridized carbons (Fsp3) is 0.667. The molecule has 3 amide bonds. The van der Waals surface area contributed by atoms with E-state index in [4.69, 9.17) is 0 Å². The van der Waals surface area contributed by atoms with Gasteiger partial charge in [0.15, 0.2) is 9.84 Å². The maximum atomic E-state index is 14.1. The van der Waals surface area contributed by atoms with Crippen molar-refractivity contribution < 1.29 is 33.0 Å². The van der Waals surface area contributed by atoms with Crippen molar-refractivity contribution in [3.63, 3.8) is 0 Å². The Bertz CT molecular complexity index is 1500. The molecule has 12 nitrogen and oxygen atoms in total. The molecule has 0 spiro atoms. The third kappa shape index (κ3) is 10.1. The van der Waals surface area contributed by atoms with Crippen LogP contribution in [0.1, 0.15) is 89.3 Å². The maximum absolute atomic E-state index is 14.1. The van der Waals surface area contributed by atoms with Crippen molar-refractivity contribution in [2.75, 3.05) is 5.75 Å². The highest BCUT2D eigenvalue weighted by Crippen LogP contribution is 2.36. The van der Waals surface area contributed by atoms with E-state index in [1.165, 1.54) is 20.2 Å². The molecule has 1 heterocycles. The molecule has 0 saturated heterocycles. The van der Waals surface area contributed by atoms with E-state index < -0.39 is 68.3 Å². The van der Waals surface area contributed by atoms with Crippen molar-refractivity contribution in [2.45, 2.75) is 126 Å². The SMILES string of the molecule is CC(C)(C(=O)NC1CC1)S(=O)(=O)C[C@H](Cc1ccccc1)C(=O)N[C@@H](Cc1cnc[nH]1)C(=O)N[C@@H](CC1CCCCC1)[C@@H](O)[C@@H](O)C1CC1. The molecule has 5 rings (SSSR count). The van der Waals surface area contributed by atoms with Crippen LogP contribution in [-0.4, -0.2) is 87.2 Å². The van der Waals surface area contributed by atoms with Crippen LogP contribution in [0.5, 0.6) is 0 Å². The van der Waals surface area contributed by atoms with Crippen LogP contribution >= 0.6 is 0 Å². The summed E-state index contributed by atoms with van der Waals surface area (Å²) < 4.78 is 25.9. The molecule has 1 aromatic carbocycles. The van der Waals surface area contributed by atoms with E-state index in [9.17, 15) is 33.0 Å². The number of hydrogen-bond acceptors (Lipinski definition) is 8. The lowest BCUT2D eigenvalue weighted by molar-refractivity contribution is -0.132. The molecule has 13 heteroatoms. The molecular weight excluding hydrogens is 646 g/mol. The minimum atomic E-state index is -4.16. The first-order valence-corrected chi connectivity index (χ1v) is 19.5. The van der Waals surface area contributed by atoms with Gasteiger partial charge < -0.3 is 31.1 Å². The average molecular weight is 700 g/mol. The number of imidazole rings is 1. The Morgan fingerprint density at radius 3 is 2.24 bits per heavy atom. The van der Waals surface area contributed by atoms with Gasteiger partial charge in [0.2, 0.25) is 17.7 Å². The molecule has 49 heavy (non-hydrogen) atoms. The Labute approximate surface area is 289 Å². The van der Waals surface area contributed by atoms with Crippen LogP contribution in [0.25, 0.3) is 0 Å². The summed E-state index contributed by atoms with van der Waals surface area (Å²) in [5.41, 5.74) is 1.31. The number of rotatable bonds is 18. The van der Waals surface area contributed by atoms with Gasteiger partial charge in [-0.1, -0.05) is 62.4 Å². The summed E-state index contributed by atoms with van der Waals surface area (Å²) in [6.07, 6.45) is 10.0. The molecule has 6 N–H and O–H groups in total. The first-order chi connectivity index (χ1) is 23.3. The summed E-state index contributed by atoms with van der Waals surface area (Å²) in [5.74, 6) is -3.21. The topological polar surface area (TPSA) is 191 Å². The molecule has 0 radical (unpaired) electrons. The van der Waals surface area contributed by atoms with Gasteiger partial charge in [-0.3, -0.25) is 14.4 Å². The molecule has 3 aliphatic rings. The van der Waals surface area contributed by atoms with Gasteiger partial charge in [0.1, 0.15) is 16.9 Å². The number of amides is 3. The molecule has 270 valence electrons. The molecule has 3 saturated carbocycles. The van der Waals surface area contributed by atoms with E-state index in [1.807, 2.05) is 6.07 Å². The lowest BCUT2D eigenvalue weighted by Gasteiger charge is -2.33. The van der Waals surface area contributed by atoms with Crippen LogP contribution in [0.15, 0.2) is 42.9 Å². The summed E-state index contributed by atoms with van der Waals surface area (Å²) in [6, 6.07) is 7.13. The Balaban J connectivity index is 1.37. The molecule has 3 aliphatic carbocycles. The lowest BCUT2D eigenvalue weighted by atomic mass is 9.82. The first kappa shape index (κ1) is 37.0. The van der Waals surface area contributed by atoms with E-state index in [0.29, 0.717) is 18.0 Å². The van der Waals surface area contributed by atoms with E-state index in [0.717, 1.165) is 63.4 Å². The normalized spacial score (nSPS) is 20.4. The second kappa shape index (κ2) is 16.2. The van der Waals surface area contributed by atoms with Crippen LogP contribution < -0.4 is 16.0 Å². The monoisotopic (exact) mass is 699 g/mol. The average Bonchev–Trinajstić information content (AvgIpc) is 4.03. The minimum absolute atomic E-state index is 0.00227. The second-order valence-corrected chi connectivity index (χ2v) is 17.5. The number of benzene rings is 1. The van der Waals surface area contributed by atoms with Crippen LogP contribution in [0.3, 0.4) is 0 Å². The fourth-order valence-corrected chi connectivity index (χ4v) is 8.30. The van der Waals surface area contributed by atoms with Gasteiger partial charge in [-0.15, -0.1) is 0 Å². The second-order valence-electron chi connectivity index (χ2n) is 14.9. The zero-order valence-electron chi connectivity index (χ0n) is 28.6. The van der Waals surface area contributed by atoms with Crippen LogP contribution in [0, 0.1) is 17.8 Å². The summed E-state index contributed by atoms with van der Waals surface area (Å²) in [6.45, 7) is 2.72. The fourth-order valence-electron chi connectivity index (χ4n) is 6.75. The van der Waals surface area contributed by atoms with E-state index in [2.05, 4.69) is 25.9 Å². The number of H-pyrrole nitrogens is 1. The number of aliphatic hydroxyl groups excluding tert-OH is 2. The van der Waals surface area contributed by atoms with E-state index in [1.54, 1.807) is 30.5 Å². The van der Waals surface area contributed by atoms with Gasteiger partial charge in [-0.25, -0.2) is 13.4 Å². The molecule has 0 bridgehead atoms. The molecule has 2 aromatic rings. The zero-order chi connectivity index (χ0) is 35.2. The summed E-state index contributed by atoms with van der Waals surface area (Å²) in [5, 5.41) is 30.7. The molecule has 0 aliphatic heterocycles. The highest BCUT2D eigenvalue weighted by Gasteiger charge is 2.46. The van der Waals surface area contributed by atoms with Gasteiger partial charge in [0, 0.05) is 24.4 Å². The Morgan fingerprint density at radius 1 is 0.939 bits per heavy atom. The Morgan fingerprint density at radius 2 is 1.63 bits per heavy atom. The van der Waals surface area contributed by atoms with Crippen molar-refractivity contribution in [3.8, 4) is 0 Å². The maximum Gasteiger partial charge on any atom is 0.243 e. The van der Waals surface area contributed by atoms with Crippen molar-refractivity contribution in [1.82, 2.24) is 25.9 Å². The number of hydrogen-bond donors (Lipinski definition) is 6. The molecule has 3 fully saturated rings. The van der Waals surface area contributed by atoms with Crippen LogP contribution in [0.2, 0.25) is 0 Å². The van der Waals surface area contributed by atoms with Crippen LogP contribution in [-0.2, 0) is 37.1 Å². The van der Waals surface area contributed by atoms with Gasteiger partial charge in [0.25, 0.3) is 0 Å². The standard InChI is InChI=1S/C36H53N5O7S/c1-36(2,35(46)39-27-15-16-27)49(47,48)21-26(17-23-9-5-3-6-10-23)33(44)41-30(19-28-20-37-22-38-28)34(45)40-29(18-24-11-7-4-8-12-24)32(43)31(42)25-13-14-25/h3,5-6,9-10,20,22,24-27,29-32,42-43H,4,7-8,11-19,21H2,1-2H3,(H,37,38)(H,39,46)(H,40,45)(H,41,44)/t26-,29-,30-,31-,32+/m0/s1. The largest absolute Gasteiger partial charge is 0.390 e. The highest BCUT2D eigenvalue weighted by molar-refractivity contribution is 7.93. The van der Waals surface area contributed by atoms with Gasteiger partial charge in [-0.05, 0) is 69.8 Å². The number of nitrogens with zero attached hydrogens (tertiary/aromatic N) is 1. The number of aliphatic hydroxyl groups is 2. The predicted molar refractivity (Wildman–Crippen MR) is 185 cm³/mol. The summed E-state index contributed by atoms with van der Waals surface area (Å²) >= 11 is 0. The van der Waals surface area contributed by atoms with Crippen molar-refractivity contribution >= 4 is 27.6 Å². The van der Waals surface area contributed by atoms with Gasteiger partial charge >= 0.3 is 0 Å². The number of nitrogens with one attached hydrogen (secondary N) is 4. The first-order valence-electron chi connectivity index (χ1n) is 17.9. The third-order valence-corrected chi connectivity index (χ3v) is 13.1. The van der Waals surface area contributed by atoms with E-state index in [-0.39, 0.29) is 24.8 Å². The minimum Gasteiger partial charge on any atom is -0.390 e. The molecule has 5 atom stereocenters. The van der Waals surface area contributed by atoms with Crippen LogP contribution in [0.4, 0.5) is 0 Å². The van der Waals surface area contributed by atoms with E-state index >= 15 is 0 Å². The molecule has 1 aromatic heterocycles. The van der Waals surface area contributed by atoms with Crippen molar-refractivity contribution in [2.24, 2.45) is 17.8 Å². The zero-order valence-corrected chi connectivity index (χ0v) is 29.5. The number of aromatic amines is 1. The molecule has 0 unspecified atom stereocenters. The lowest BCUT2D eigenvalue weighted by Crippen LogP contribution is -2.57. The number of aromatic nitrogens is 2. The Hall–Kier alpha value is -3.29. The molecular formula is C36H53N5O7S. The van der Waals surface area contributed by atoms with Gasteiger partial charge in [0.05, 0.1) is 30.1 Å². The summed E-state index contributed by atoms with van der Waals surface area (Å²) in [4.78, 5) is 48.2. The third-order valence-electron chi connectivity index (χ3n) is 10.5. The Kier molecular flexibility index (Phi) is 12.2. The highest BCUT2D eigenvalue weighted by atomic mass is 32.2.